The van der Waals surface area contributed by atoms with Gasteiger partial charge >= 0.3 is 0 Å². The zero-order valence-corrected chi connectivity index (χ0v) is 11.2. The lowest BCUT2D eigenvalue weighted by Gasteiger charge is -2.06. The van der Waals surface area contributed by atoms with Gasteiger partial charge in [0.2, 0.25) is 0 Å². The van der Waals surface area contributed by atoms with Crippen molar-refractivity contribution in [3.63, 3.8) is 0 Å². The molecule has 0 spiro atoms. The molecule has 0 saturated heterocycles. The maximum Gasteiger partial charge on any atom is 0.113 e. The minimum atomic E-state index is 0.758. The lowest BCUT2D eigenvalue weighted by atomic mass is 10.2. The Bertz CT molecular complexity index is 246. The van der Waals surface area contributed by atoms with E-state index in [1.165, 1.54) is 18.6 Å². The van der Waals surface area contributed by atoms with Gasteiger partial charge < -0.3 is 9.73 Å². The molecule has 16 heavy (non-hydrogen) atoms. The number of hydrogen-bond acceptors (Lipinski definition) is 3. The van der Waals surface area contributed by atoms with E-state index in [9.17, 15) is 0 Å². The summed E-state index contributed by atoms with van der Waals surface area (Å²) in [7, 11) is 0. The normalized spacial score (nSPS) is 11.2. The molecule has 1 N–H and O–H groups in total. The lowest BCUT2D eigenvalue weighted by Crippen LogP contribution is -2.20. The van der Waals surface area contributed by atoms with E-state index in [0.717, 1.165) is 30.5 Å². The molecule has 92 valence electrons. The first-order chi connectivity index (χ1) is 7.79. The first kappa shape index (κ1) is 13.7. The summed E-state index contributed by atoms with van der Waals surface area (Å²) in [4.78, 5) is 0. The second-order valence-corrected chi connectivity index (χ2v) is 5.54. The minimum absolute atomic E-state index is 0.758. The summed E-state index contributed by atoms with van der Waals surface area (Å²) in [5.74, 6) is 4.08. The minimum Gasteiger partial charge on any atom is -0.468 e. The Morgan fingerprint density at radius 1 is 1.38 bits per heavy atom. The summed E-state index contributed by atoms with van der Waals surface area (Å²) in [5, 5.41) is 3.46. The molecule has 0 amide bonds. The lowest BCUT2D eigenvalue weighted by molar-refractivity contribution is 0.530. The van der Waals surface area contributed by atoms with E-state index in [1.54, 1.807) is 6.26 Å². The quantitative estimate of drug-likeness (QED) is 0.669. The van der Waals surface area contributed by atoms with Crippen molar-refractivity contribution in [2.75, 3.05) is 18.8 Å². The van der Waals surface area contributed by atoms with E-state index in [4.69, 9.17) is 4.42 Å². The molecule has 1 heterocycles. The summed E-state index contributed by atoms with van der Waals surface area (Å²) >= 11 is 1.95. The zero-order chi connectivity index (χ0) is 11.6. The van der Waals surface area contributed by atoms with E-state index in [2.05, 4.69) is 19.2 Å². The van der Waals surface area contributed by atoms with Gasteiger partial charge in [0.05, 0.1) is 12.0 Å². The molecule has 0 saturated carbocycles. The number of unbranched alkanes of at least 4 members (excludes halogenated alkanes) is 1. The Morgan fingerprint density at radius 3 is 2.94 bits per heavy atom. The fourth-order valence-corrected chi connectivity index (χ4v) is 2.33. The van der Waals surface area contributed by atoms with Crippen LogP contribution in [0, 0.1) is 5.92 Å². The van der Waals surface area contributed by atoms with Gasteiger partial charge in [0.1, 0.15) is 5.76 Å². The second-order valence-electron chi connectivity index (χ2n) is 4.44. The predicted octanol–water partition coefficient (Wildman–Crippen LogP) is 3.54. The van der Waals surface area contributed by atoms with Crippen molar-refractivity contribution >= 4 is 11.8 Å². The third kappa shape index (κ3) is 6.96. The largest absolute Gasteiger partial charge is 0.468 e. The number of hydrogen-bond donors (Lipinski definition) is 1. The first-order valence-corrected chi connectivity index (χ1v) is 7.25. The van der Waals surface area contributed by atoms with Gasteiger partial charge in [-0.05, 0) is 49.7 Å². The molecule has 0 atom stereocenters. The second kappa shape index (κ2) is 8.71. The van der Waals surface area contributed by atoms with Crippen LogP contribution in [0.1, 0.15) is 32.4 Å². The summed E-state index contributed by atoms with van der Waals surface area (Å²) < 4.78 is 5.27. The van der Waals surface area contributed by atoms with Crippen LogP contribution in [-0.4, -0.2) is 18.8 Å². The Hall–Kier alpha value is -0.410. The average molecular weight is 241 g/mol. The van der Waals surface area contributed by atoms with E-state index in [-0.39, 0.29) is 0 Å². The molecule has 3 heteroatoms. The van der Waals surface area contributed by atoms with Crippen LogP contribution in [0.15, 0.2) is 22.8 Å². The van der Waals surface area contributed by atoms with Crippen LogP contribution >= 0.6 is 11.8 Å². The van der Waals surface area contributed by atoms with E-state index in [0.29, 0.717) is 0 Å². The molecule has 0 aliphatic carbocycles. The monoisotopic (exact) mass is 241 g/mol. The third-order valence-corrected chi connectivity index (χ3v) is 3.34. The van der Waals surface area contributed by atoms with Crippen LogP contribution in [0.4, 0.5) is 0 Å². The number of rotatable bonds is 9. The summed E-state index contributed by atoms with van der Waals surface area (Å²) in [6, 6.07) is 3.99. The molecule has 1 aromatic heterocycles. The summed E-state index contributed by atoms with van der Waals surface area (Å²) in [6.45, 7) is 6.78. The standard InChI is InChI=1S/C13H23NOS/c1-12(2)10-14-7-3-4-9-16-11-13-6-5-8-15-13/h5-6,8,12,14H,3-4,7,9-11H2,1-2H3. The fraction of sp³-hybridized carbons (Fsp3) is 0.692. The highest BCUT2D eigenvalue weighted by molar-refractivity contribution is 7.98. The SMILES string of the molecule is CC(C)CNCCCCSCc1ccco1. The highest BCUT2D eigenvalue weighted by Crippen LogP contribution is 2.13. The number of thioether (sulfide) groups is 1. The molecular formula is C13H23NOS. The van der Waals surface area contributed by atoms with Gasteiger partial charge in [-0.15, -0.1) is 0 Å². The van der Waals surface area contributed by atoms with Gasteiger partial charge in [-0.1, -0.05) is 13.8 Å². The van der Waals surface area contributed by atoms with Crippen molar-refractivity contribution in [1.29, 1.82) is 0 Å². The molecule has 0 aliphatic heterocycles. The van der Waals surface area contributed by atoms with Gasteiger partial charge in [-0.2, -0.15) is 11.8 Å². The summed E-state index contributed by atoms with van der Waals surface area (Å²) in [5.41, 5.74) is 0. The van der Waals surface area contributed by atoms with Crippen LogP contribution < -0.4 is 5.32 Å². The Morgan fingerprint density at radius 2 is 2.25 bits per heavy atom. The molecule has 0 aromatic carbocycles. The molecule has 0 unspecified atom stereocenters. The van der Waals surface area contributed by atoms with Crippen molar-refractivity contribution in [2.24, 2.45) is 5.92 Å². The van der Waals surface area contributed by atoms with Crippen molar-refractivity contribution in [1.82, 2.24) is 5.32 Å². The molecule has 0 bridgehead atoms. The van der Waals surface area contributed by atoms with Crippen molar-refractivity contribution in [2.45, 2.75) is 32.4 Å². The number of nitrogens with one attached hydrogen (secondary N) is 1. The first-order valence-electron chi connectivity index (χ1n) is 6.10. The highest BCUT2D eigenvalue weighted by atomic mass is 32.2. The van der Waals surface area contributed by atoms with Crippen LogP contribution in [0.25, 0.3) is 0 Å². The van der Waals surface area contributed by atoms with Gasteiger partial charge in [-0.3, -0.25) is 0 Å². The molecule has 0 radical (unpaired) electrons. The topological polar surface area (TPSA) is 25.2 Å². The fourth-order valence-electron chi connectivity index (χ4n) is 1.41. The van der Waals surface area contributed by atoms with E-state index in [1.807, 2.05) is 23.9 Å². The number of furan rings is 1. The molecule has 1 rings (SSSR count). The van der Waals surface area contributed by atoms with Gasteiger partial charge in [0, 0.05) is 0 Å². The predicted molar refractivity (Wildman–Crippen MR) is 71.8 cm³/mol. The van der Waals surface area contributed by atoms with Gasteiger partial charge in [0.15, 0.2) is 0 Å². The average Bonchev–Trinajstić information content (AvgIpc) is 2.74. The van der Waals surface area contributed by atoms with Gasteiger partial charge in [0.25, 0.3) is 0 Å². The van der Waals surface area contributed by atoms with Crippen molar-refractivity contribution < 1.29 is 4.42 Å². The third-order valence-electron chi connectivity index (χ3n) is 2.27. The smallest absolute Gasteiger partial charge is 0.113 e. The summed E-state index contributed by atoms with van der Waals surface area (Å²) in [6.07, 6.45) is 4.31. The van der Waals surface area contributed by atoms with E-state index >= 15 is 0 Å². The van der Waals surface area contributed by atoms with Crippen LogP contribution in [0.5, 0.6) is 0 Å². The molecule has 1 aromatic rings. The molecule has 2 nitrogen and oxygen atoms in total. The van der Waals surface area contributed by atoms with Crippen LogP contribution in [-0.2, 0) is 5.75 Å². The van der Waals surface area contributed by atoms with E-state index < -0.39 is 0 Å². The maximum absolute atomic E-state index is 5.27. The molecular weight excluding hydrogens is 218 g/mol. The van der Waals surface area contributed by atoms with Crippen LogP contribution in [0.3, 0.4) is 0 Å². The molecule has 0 fully saturated rings. The van der Waals surface area contributed by atoms with Crippen molar-refractivity contribution in [3.05, 3.63) is 24.2 Å². The van der Waals surface area contributed by atoms with Gasteiger partial charge in [-0.25, -0.2) is 0 Å². The maximum atomic E-state index is 5.27. The molecule has 0 aliphatic rings. The Kier molecular flexibility index (Phi) is 7.43. The van der Waals surface area contributed by atoms with Crippen LogP contribution in [0.2, 0.25) is 0 Å². The Labute approximate surface area is 103 Å². The highest BCUT2D eigenvalue weighted by Gasteiger charge is 1.96. The Balaban J connectivity index is 1.82. The van der Waals surface area contributed by atoms with Crippen molar-refractivity contribution in [3.8, 4) is 0 Å². The zero-order valence-electron chi connectivity index (χ0n) is 10.4.